The van der Waals surface area contributed by atoms with Crippen molar-refractivity contribution in [1.29, 1.82) is 0 Å². The van der Waals surface area contributed by atoms with Crippen LogP contribution in [-0.2, 0) is 10.8 Å². The number of rotatable bonds is 10. The predicted molar refractivity (Wildman–Crippen MR) is 111 cm³/mol. The highest BCUT2D eigenvalue weighted by atomic mass is 32.1. The molecule has 0 bridgehead atoms. The highest BCUT2D eigenvalue weighted by Crippen LogP contribution is 2.26. The average molecular weight is 359 g/mol. The molecule has 0 saturated carbocycles. The van der Waals surface area contributed by atoms with Gasteiger partial charge in [-0.15, -0.1) is 11.3 Å². The van der Waals surface area contributed by atoms with Gasteiger partial charge in [-0.1, -0.05) is 43.7 Å². The van der Waals surface area contributed by atoms with Crippen molar-refractivity contribution >= 4 is 29.7 Å². The lowest BCUT2D eigenvalue weighted by Crippen LogP contribution is -2.22. The predicted octanol–water partition coefficient (Wildman–Crippen LogP) is 7.32. The number of aryl methyl sites for hydroxylation is 1. The van der Waals surface area contributed by atoms with Crippen molar-refractivity contribution in [1.82, 2.24) is 0 Å². The van der Waals surface area contributed by atoms with Crippen molar-refractivity contribution in [2.45, 2.75) is 58.2 Å². The van der Waals surface area contributed by atoms with Gasteiger partial charge in [0.15, 0.2) is 0 Å². The lowest BCUT2D eigenvalue weighted by Gasteiger charge is -2.16. The fraction of sp³-hybridized carbons (Fsp3) is 0.429. The van der Waals surface area contributed by atoms with Gasteiger partial charge in [0.2, 0.25) is 8.32 Å². The van der Waals surface area contributed by atoms with Gasteiger partial charge in [-0.3, -0.25) is 0 Å². The van der Waals surface area contributed by atoms with Gasteiger partial charge in [0.25, 0.3) is 0 Å². The molecule has 1 aromatic heterocycles. The Bertz CT molecular complexity index is 645. The molecule has 2 rings (SSSR count). The minimum atomic E-state index is -1.47. The van der Waals surface area contributed by atoms with E-state index < -0.39 is 8.32 Å². The minimum Gasteiger partial charge on any atom is -0.549 e. The molecule has 0 amide bonds. The lowest BCUT2D eigenvalue weighted by molar-refractivity contribution is 0.471. The molecule has 0 fully saturated rings. The molecular formula is C21H30OSSi. The third-order valence-corrected chi connectivity index (χ3v) is 5.94. The Balaban J connectivity index is 1.64. The summed E-state index contributed by atoms with van der Waals surface area (Å²) >= 11 is 1.94. The summed E-state index contributed by atoms with van der Waals surface area (Å²) in [7, 11) is -1.47. The van der Waals surface area contributed by atoms with Gasteiger partial charge >= 0.3 is 0 Å². The van der Waals surface area contributed by atoms with Crippen molar-refractivity contribution < 1.29 is 4.43 Å². The SMILES string of the molecule is C=C/C(=C\O[Si](C)(C)C)CCCCCCc1cc2ccccc2s1. The Labute approximate surface area is 152 Å². The van der Waals surface area contributed by atoms with Gasteiger partial charge in [-0.05, 0) is 68.4 Å². The summed E-state index contributed by atoms with van der Waals surface area (Å²) < 4.78 is 7.27. The zero-order chi connectivity index (χ0) is 17.4. The van der Waals surface area contributed by atoms with E-state index >= 15 is 0 Å². The van der Waals surface area contributed by atoms with Crippen molar-refractivity contribution in [2.24, 2.45) is 0 Å². The minimum absolute atomic E-state index is 1.08. The highest BCUT2D eigenvalue weighted by Gasteiger charge is 2.13. The molecule has 1 aromatic carbocycles. The van der Waals surface area contributed by atoms with Crippen LogP contribution >= 0.6 is 11.3 Å². The summed E-state index contributed by atoms with van der Waals surface area (Å²) in [6.45, 7) is 10.5. The number of allylic oxidation sites excluding steroid dienone is 2. The highest BCUT2D eigenvalue weighted by molar-refractivity contribution is 7.19. The number of benzene rings is 1. The Kier molecular flexibility index (Phi) is 7.31. The van der Waals surface area contributed by atoms with E-state index in [2.05, 4.69) is 56.6 Å². The molecule has 1 nitrogen and oxygen atoms in total. The summed E-state index contributed by atoms with van der Waals surface area (Å²) in [5.74, 6) is 0. The van der Waals surface area contributed by atoms with Crippen LogP contribution < -0.4 is 0 Å². The van der Waals surface area contributed by atoms with E-state index in [0.717, 1.165) is 6.42 Å². The average Bonchev–Trinajstić information content (AvgIpc) is 2.95. The number of fused-ring (bicyclic) bond motifs is 1. The maximum absolute atomic E-state index is 5.85. The van der Waals surface area contributed by atoms with Gasteiger partial charge in [0.1, 0.15) is 0 Å². The molecule has 0 N–H and O–H groups in total. The van der Waals surface area contributed by atoms with Gasteiger partial charge < -0.3 is 4.43 Å². The van der Waals surface area contributed by atoms with Crippen molar-refractivity contribution in [3.05, 3.63) is 59.7 Å². The van der Waals surface area contributed by atoms with Crippen LogP contribution in [-0.4, -0.2) is 8.32 Å². The Morgan fingerprint density at radius 1 is 1.12 bits per heavy atom. The normalized spacial score (nSPS) is 12.5. The monoisotopic (exact) mass is 358 g/mol. The molecule has 0 radical (unpaired) electrons. The second-order valence-electron chi connectivity index (χ2n) is 7.29. The largest absolute Gasteiger partial charge is 0.549 e. The number of unbranched alkanes of at least 4 members (excludes halogenated alkanes) is 3. The van der Waals surface area contributed by atoms with E-state index in [-0.39, 0.29) is 0 Å². The zero-order valence-electron chi connectivity index (χ0n) is 15.3. The smallest absolute Gasteiger partial charge is 0.241 e. The standard InChI is InChI=1S/C21H30OSSi/c1-5-18(17-22-24(2,3)4)12-8-6-7-9-14-20-16-19-13-10-11-15-21(19)23-20/h5,10-11,13,15-17H,1,6-9,12,14H2,2-4H3/b18-17+. The summed E-state index contributed by atoms with van der Waals surface area (Å²) in [5.41, 5.74) is 1.24. The van der Waals surface area contributed by atoms with Crippen LogP contribution in [0.25, 0.3) is 10.1 Å². The number of hydrogen-bond acceptors (Lipinski definition) is 2. The van der Waals surface area contributed by atoms with E-state index in [1.54, 1.807) is 0 Å². The Morgan fingerprint density at radius 3 is 2.58 bits per heavy atom. The molecule has 0 unspecified atom stereocenters. The fourth-order valence-corrected chi connectivity index (χ4v) is 4.21. The number of thiophene rings is 1. The van der Waals surface area contributed by atoms with Crippen LogP contribution in [0.15, 0.2) is 54.8 Å². The first kappa shape index (κ1) is 19.0. The Morgan fingerprint density at radius 2 is 1.88 bits per heavy atom. The summed E-state index contributed by atoms with van der Waals surface area (Å²) in [6.07, 6.45) is 11.3. The first-order chi connectivity index (χ1) is 11.5. The van der Waals surface area contributed by atoms with Crippen LogP contribution in [0, 0.1) is 0 Å². The Hall–Kier alpha value is -1.32. The van der Waals surface area contributed by atoms with Crippen LogP contribution in [0.2, 0.25) is 19.6 Å². The molecule has 2 aromatic rings. The summed E-state index contributed by atoms with van der Waals surface area (Å²) in [4.78, 5) is 1.52. The molecule has 0 aliphatic heterocycles. The second-order valence-corrected chi connectivity index (χ2v) is 12.9. The van der Waals surface area contributed by atoms with E-state index in [1.807, 2.05) is 23.7 Å². The molecule has 24 heavy (non-hydrogen) atoms. The molecule has 130 valence electrons. The van der Waals surface area contributed by atoms with E-state index in [0.29, 0.717) is 0 Å². The van der Waals surface area contributed by atoms with Crippen LogP contribution in [0.4, 0.5) is 0 Å². The molecular weight excluding hydrogens is 328 g/mol. The first-order valence-electron chi connectivity index (χ1n) is 8.95. The second kappa shape index (κ2) is 9.24. The number of hydrogen-bond donors (Lipinski definition) is 0. The van der Waals surface area contributed by atoms with E-state index in [9.17, 15) is 0 Å². The van der Waals surface area contributed by atoms with Gasteiger partial charge in [-0.2, -0.15) is 0 Å². The molecule has 0 aliphatic carbocycles. The third kappa shape index (κ3) is 6.66. The van der Waals surface area contributed by atoms with Crippen LogP contribution in [0.1, 0.15) is 37.0 Å². The fourth-order valence-electron chi connectivity index (χ4n) is 2.60. The molecule has 0 aliphatic rings. The van der Waals surface area contributed by atoms with E-state index in [4.69, 9.17) is 4.43 Å². The summed E-state index contributed by atoms with van der Waals surface area (Å²) in [6, 6.07) is 11.0. The lowest BCUT2D eigenvalue weighted by atomic mass is 10.1. The third-order valence-electron chi connectivity index (χ3n) is 3.94. The molecule has 0 atom stereocenters. The van der Waals surface area contributed by atoms with Gasteiger partial charge in [0, 0.05) is 9.58 Å². The molecule has 1 heterocycles. The maximum Gasteiger partial charge on any atom is 0.241 e. The van der Waals surface area contributed by atoms with Crippen LogP contribution in [0.5, 0.6) is 0 Å². The quantitative estimate of drug-likeness (QED) is 0.187. The van der Waals surface area contributed by atoms with Gasteiger partial charge in [0.05, 0.1) is 6.26 Å². The molecule has 0 spiro atoms. The summed E-state index contributed by atoms with van der Waals surface area (Å²) in [5, 5.41) is 1.39. The van der Waals surface area contributed by atoms with Gasteiger partial charge in [-0.25, -0.2) is 0 Å². The maximum atomic E-state index is 5.85. The van der Waals surface area contributed by atoms with Crippen molar-refractivity contribution in [3.63, 3.8) is 0 Å². The van der Waals surface area contributed by atoms with Crippen LogP contribution in [0.3, 0.4) is 0 Å². The zero-order valence-corrected chi connectivity index (χ0v) is 17.1. The van der Waals surface area contributed by atoms with Crippen molar-refractivity contribution in [3.8, 4) is 0 Å². The molecule has 0 saturated heterocycles. The first-order valence-corrected chi connectivity index (χ1v) is 13.2. The van der Waals surface area contributed by atoms with E-state index in [1.165, 1.54) is 52.6 Å². The topological polar surface area (TPSA) is 9.23 Å². The van der Waals surface area contributed by atoms with Crippen molar-refractivity contribution in [2.75, 3.05) is 0 Å². The molecule has 3 heteroatoms.